The molecule has 0 bridgehead atoms. The van der Waals surface area contributed by atoms with Gasteiger partial charge in [0.25, 0.3) is 6.01 Å². The largest absolute Gasteiger partial charge is 0.424 e. The number of aromatic nitrogens is 2. The van der Waals surface area contributed by atoms with Gasteiger partial charge in [-0.3, -0.25) is 14.1 Å². The molecule has 0 radical (unpaired) electrons. The maximum Gasteiger partial charge on any atom is 0.357 e. The van der Waals surface area contributed by atoms with Crippen LogP contribution in [-0.2, 0) is 16.7 Å². The SMILES string of the molecule is O=Cc1cccc(-c2cnc(N[C@@H](Cc3ccc(NS(=O)(=O)O)cc3)c3csc(-c4ccccc4)n3)o2)c1. The Hall–Kier alpha value is -4.32. The molecule has 5 aromatic rings. The first-order valence-electron chi connectivity index (χ1n) is 11.5. The molecule has 0 amide bonds. The van der Waals surface area contributed by atoms with Gasteiger partial charge in [0.05, 0.1) is 23.6 Å². The highest BCUT2D eigenvalue weighted by Gasteiger charge is 2.20. The van der Waals surface area contributed by atoms with Crippen LogP contribution in [0.15, 0.2) is 94.9 Å². The molecular weight excluding hydrogens is 524 g/mol. The van der Waals surface area contributed by atoms with Gasteiger partial charge in [0.2, 0.25) is 0 Å². The molecule has 0 fully saturated rings. The van der Waals surface area contributed by atoms with E-state index in [0.29, 0.717) is 23.8 Å². The van der Waals surface area contributed by atoms with Crippen molar-refractivity contribution in [3.63, 3.8) is 0 Å². The van der Waals surface area contributed by atoms with E-state index in [2.05, 4.69) is 10.3 Å². The quantitative estimate of drug-likeness (QED) is 0.146. The molecule has 0 aliphatic carbocycles. The van der Waals surface area contributed by atoms with Crippen molar-refractivity contribution >= 4 is 39.6 Å². The van der Waals surface area contributed by atoms with Crippen LogP contribution >= 0.6 is 11.3 Å². The van der Waals surface area contributed by atoms with E-state index < -0.39 is 10.3 Å². The van der Waals surface area contributed by atoms with E-state index in [-0.39, 0.29) is 11.7 Å². The molecule has 2 heterocycles. The Morgan fingerprint density at radius 2 is 1.76 bits per heavy atom. The summed E-state index contributed by atoms with van der Waals surface area (Å²) in [6.07, 6.45) is 2.86. The van der Waals surface area contributed by atoms with Crippen molar-refractivity contribution in [2.24, 2.45) is 0 Å². The van der Waals surface area contributed by atoms with E-state index >= 15 is 0 Å². The van der Waals surface area contributed by atoms with Crippen LogP contribution in [0.3, 0.4) is 0 Å². The zero-order valence-electron chi connectivity index (χ0n) is 19.8. The number of thiazole rings is 1. The van der Waals surface area contributed by atoms with Crippen LogP contribution in [-0.4, -0.2) is 29.2 Å². The summed E-state index contributed by atoms with van der Waals surface area (Å²) in [7, 11) is -4.36. The van der Waals surface area contributed by atoms with E-state index in [4.69, 9.17) is 14.0 Å². The molecule has 3 aromatic carbocycles. The Bertz CT molecular complexity index is 1650. The number of aldehydes is 1. The van der Waals surface area contributed by atoms with Crippen molar-refractivity contribution < 1.29 is 22.2 Å². The van der Waals surface area contributed by atoms with E-state index in [0.717, 1.165) is 33.7 Å². The zero-order chi connectivity index (χ0) is 26.5. The lowest BCUT2D eigenvalue weighted by Crippen LogP contribution is -2.15. The fourth-order valence-electron chi connectivity index (χ4n) is 3.87. The molecule has 0 spiro atoms. The highest BCUT2D eigenvalue weighted by atomic mass is 32.2. The Balaban J connectivity index is 1.42. The normalized spacial score (nSPS) is 12.1. The minimum Gasteiger partial charge on any atom is -0.424 e. The summed E-state index contributed by atoms with van der Waals surface area (Å²) in [6, 6.07) is 23.6. The fraction of sp³-hybridized carbons (Fsp3) is 0.0741. The molecule has 0 aliphatic rings. The third kappa shape index (κ3) is 6.32. The van der Waals surface area contributed by atoms with E-state index in [1.54, 1.807) is 48.7 Å². The summed E-state index contributed by atoms with van der Waals surface area (Å²) >= 11 is 1.53. The third-order valence-corrected chi connectivity index (χ3v) is 7.05. The number of nitrogens with zero attached hydrogens (tertiary/aromatic N) is 2. The maximum atomic E-state index is 11.2. The lowest BCUT2D eigenvalue weighted by molar-refractivity contribution is 0.112. The van der Waals surface area contributed by atoms with Crippen molar-refractivity contribution in [1.82, 2.24) is 9.97 Å². The Labute approximate surface area is 223 Å². The highest BCUT2D eigenvalue weighted by Crippen LogP contribution is 2.31. The number of rotatable bonds is 10. The lowest BCUT2D eigenvalue weighted by Gasteiger charge is -2.16. The third-order valence-electron chi connectivity index (χ3n) is 5.65. The predicted molar refractivity (Wildman–Crippen MR) is 147 cm³/mol. The van der Waals surface area contributed by atoms with Gasteiger partial charge in [0.15, 0.2) is 5.76 Å². The van der Waals surface area contributed by atoms with Crippen molar-refractivity contribution in [3.8, 4) is 21.9 Å². The summed E-state index contributed by atoms with van der Waals surface area (Å²) in [5.74, 6) is 0.513. The zero-order valence-corrected chi connectivity index (χ0v) is 21.4. The van der Waals surface area contributed by atoms with E-state index in [1.807, 2.05) is 46.5 Å². The number of carbonyl (C=O) groups is 1. The first kappa shape index (κ1) is 25.3. The Kier molecular flexibility index (Phi) is 7.31. The monoisotopic (exact) mass is 546 g/mol. The van der Waals surface area contributed by atoms with Gasteiger partial charge in [-0.15, -0.1) is 11.3 Å². The Morgan fingerprint density at radius 3 is 2.50 bits per heavy atom. The maximum absolute atomic E-state index is 11.2. The van der Waals surface area contributed by atoms with Crippen molar-refractivity contribution in [2.75, 3.05) is 10.0 Å². The number of carbonyl (C=O) groups excluding carboxylic acids is 1. The van der Waals surface area contributed by atoms with Gasteiger partial charge in [-0.25, -0.2) is 9.97 Å². The average Bonchev–Trinajstić information content (AvgIpc) is 3.60. The summed E-state index contributed by atoms with van der Waals surface area (Å²) in [5, 5.41) is 6.18. The standard InChI is InChI=1S/C27H22N4O5S2/c32-16-19-5-4-8-21(13-19)25-15-28-27(36-25)30-23(14-18-9-11-22(12-10-18)31-38(33,34)35)24-17-37-26(29-24)20-6-2-1-3-7-20/h1-13,15-17,23,31H,14H2,(H,28,30)(H,33,34,35)/t23-/m0/s1. The van der Waals surface area contributed by atoms with Crippen LogP contribution < -0.4 is 10.0 Å². The van der Waals surface area contributed by atoms with Crippen LogP contribution in [0.2, 0.25) is 0 Å². The number of anilines is 2. The van der Waals surface area contributed by atoms with Crippen LogP contribution in [0.5, 0.6) is 0 Å². The molecule has 9 nitrogen and oxygen atoms in total. The lowest BCUT2D eigenvalue weighted by atomic mass is 10.0. The molecule has 38 heavy (non-hydrogen) atoms. The van der Waals surface area contributed by atoms with Crippen LogP contribution in [0.1, 0.15) is 27.7 Å². The van der Waals surface area contributed by atoms with E-state index in [9.17, 15) is 13.2 Å². The summed E-state index contributed by atoms with van der Waals surface area (Å²) < 4.78 is 39.2. The van der Waals surface area contributed by atoms with Crippen LogP contribution in [0, 0.1) is 0 Å². The number of oxazole rings is 1. The molecule has 3 N–H and O–H groups in total. The first-order chi connectivity index (χ1) is 18.4. The average molecular weight is 547 g/mol. The first-order valence-corrected chi connectivity index (χ1v) is 13.8. The van der Waals surface area contributed by atoms with Gasteiger partial charge in [-0.1, -0.05) is 60.7 Å². The number of hydrogen-bond acceptors (Lipinski definition) is 8. The number of benzene rings is 3. The van der Waals surface area contributed by atoms with Gasteiger partial charge in [0, 0.05) is 22.1 Å². The minimum atomic E-state index is -4.36. The number of hydrogen-bond donors (Lipinski definition) is 3. The fourth-order valence-corrected chi connectivity index (χ4v) is 5.18. The molecule has 2 aromatic heterocycles. The van der Waals surface area contributed by atoms with Gasteiger partial charge in [-0.05, 0) is 30.2 Å². The molecule has 0 saturated carbocycles. The summed E-state index contributed by atoms with van der Waals surface area (Å²) in [4.78, 5) is 20.4. The van der Waals surface area contributed by atoms with Gasteiger partial charge >= 0.3 is 10.3 Å². The topological polar surface area (TPSA) is 134 Å². The highest BCUT2D eigenvalue weighted by molar-refractivity contribution is 7.87. The molecule has 11 heteroatoms. The predicted octanol–water partition coefficient (Wildman–Crippen LogP) is 5.89. The van der Waals surface area contributed by atoms with Gasteiger partial charge in [-0.2, -0.15) is 8.42 Å². The van der Waals surface area contributed by atoms with Crippen LogP contribution in [0.25, 0.3) is 21.9 Å². The van der Waals surface area contributed by atoms with Crippen molar-refractivity contribution in [1.29, 1.82) is 0 Å². The van der Waals surface area contributed by atoms with Crippen molar-refractivity contribution in [2.45, 2.75) is 12.5 Å². The molecule has 0 aliphatic heterocycles. The molecular formula is C27H22N4O5S2. The second-order valence-electron chi connectivity index (χ2n) is 8.39. The van der Waals surface area contributed by atoms with Gasteiger partial charge < -0.3 is 9.73 Å². The molecule has 0 unspecified atom stereocenters. The van der Waals surface area contributed by atoms with Crippen LogP contribution in [0.4, 0.5) is 11.7 Å². The molecule has 5 rings (SSSR count). The number of nitrogens with one attached hydrogen (secondary N) is 2. The Morgan fingerprint density at radius 1 is 1.00 bits per heavy atom. The van der Waals surface area contributed by atoms with Gasteiger partial charge in [0.1, 0.15) is 11.3 Å². The van der Waals surface area contributed by atoms with E-state index in [1.165, 1.54) is 11.3 Å². The molecule has 192 valence electrons. The molecule has 1 atom stereocenters. The second kappa shape index (κ2) is 11.0. The summed E-state index contributed by atoms with van der Waals surface area (Å²) in [6.45, 7) is 0. The molecule has 0 saturated heterocycles. The second-order valence-corrected chi connectivity index (χ2v) is 10.4. The smallest absolute Gasteiger partial charge is 0.357 e. The summed E-state index contributed by atoms with van der Waals surface area (Å²) in [5.41, 5.74) is 4.20. The van der Waals surface area contributed by atoms with Crippen molar-refractivity contribution in [3.05, 3.63) is 107 Å². The minimum absolute atomic E-state index is 0.246.